The maximum Gasteiger partial charge on any atom is 0.229 e. The van der Waals surface area contributed by atoms with Crippen LogP contribution in [-0.4, -0.2) is 21.4 Å². The van der Waals surface area contributed by atoms with Gasteiger partial charge in [-0.25, -0.2) is 8.78 Å². The Morgan fingerprint density at radius 3 is 2.43 bits per heavy atom. The number of hydrogen-bond donors (Lipinski definition) is 1. The molecule has 1 aromatic heterocycles. The Morgan fingerprint density at radius 1 is 1.10 bits per heavy atom. The van der Waals surface area contributed by atoms with Crippen LogP contribution in [0.1, 0.15) is 48.9 Å². The van der Waals surface area contributed by atoms with Crippen molar-refractivity contribution in [1.29, 1.82) is 0 Å². The molecule has 0 radical (unpaired) electrons. The summed E-state index contributed by atoms with van der Waals surface area (Å²) in [7, 11) is 0. The molecule has 3 rings (SSSR count). The zero-order valence-electron chi connectivity index (χ0n) is 11.4. The Morgan fingerprint density at radius 2 is 1.76 bits per heavy atom. The van der Waals surface area contributed by atoms with E-state index in [4.69, 9.17) is 4.52 Å². The van der Waals surface area contributed by atoms with Crippen LogP contribution in [0.15, 0.2) is 22.7 Å². The van der Waals surface area contributed by atoms with E-state index in [1.165, 1.54) is 12.1 Å². The van der Waals surface area contributed by atoms with Crippen molar-refractivity contribution in [3.05, 3.63) is 47.1 Å². The van der Waals surface area contributed by atoms with Crippen molar-refractivity contribution in [2.45, 2.75) is 44.1 Å². The smallest absolute Gasteiger partial charge is 0.229 e. The monoisotopic (exact) mass is 294 g/mol. The predicted molar refractivity (Wildman–Crippen MR) is 70.7 cm³/mol. The standard InChI is InChI=1S/C15H16F2N2O2/c16-11-5-9(6-12(17)8-11)7-14-18-15(21-19-14)10-1-3-13(20)4-2-10/h5-6,8,10,13,20H,1-4,7H2. The second-order valence-electron chi connectivity index (χ2n) is 5.51. The molecule has 1 aromatic carbocycles. The van der Waals surface area contributed by atoms with Gasteiger partial charge in [0.05, 0.1) is 6.10 Å². The molecular weight excluding hydrogens is 278 g/mol. The van der Waals surface area contributed by atoms with E-state index in [-0.39, 0.29) is 18.4 Å². The van der Waals surface area contributed by atoms with E-state index in [1.807, 2.05) is 0 Å². The Bertz CT molecular complexity index is 602. The molecule has 0 bridgehead atoms. The van der Waals surface area contributed by atoms with E-state index in [1.54, 1.807) is 0 Å². The van der Waals surface area contributed by atoms with Crippen molar-refractivity contribution in [2.75, 3.05) is 0 Å². The fourth-order valence-electron chi connectivity index (χ4n) is 2.72. The summed E-state index contributed by atoms with van der Waals surface area (Å²) >= 11 is 0. The molecule has 1 aliphatic rings. The molecule has 0 amide bonds. The first-order valence-electron chi connectivity index (χ1n) is 7.05. The maximum atomic E-state index is 13.1. The van der Waals surface area contributed by atoms with Gasteiger partial charge in [0.15, 0.2) is 5.82 Å². The van der Waals surface area contributed by atoms with Crippen molar-refractivity contribution in [1.82, 2.24) is 10.1 Å². The maximum absolute atomic E-state index is 13.1. The first-order valence-corrected chi connectivity index (χ1v) is 7.05. The normalized spacial score (nSPS) is 22.4. The van der Waals surface area contributed by atoms with Gasteiger partial charge in [0.2, 0.25) is 5.89 Å². The number of rotatable bonds is 3. The Labute approximate surface area is 120 Å². The minimum atomic E-state index is -0.616. The zero-order valence-corrected chi connectivity index (χ0v) is 11.4. The van der Waals surface area contributed by atoms with E-state index in [9.17, 15) is 13.9 Å². The Kier molecular flexibility index (Phi) is 3.96. The fourth-order valence-corrected chi connectivity index (χ4v) is 2.72. The summed E-state index contributed by atoms with van der Waals surface area (Å²) in [6, 6.07) is 3.35. The summed E-state index contributed by atoms with van der Waals surface area (Å²) in [5, 5.41) is 13.4. The van der Waals surface area contributed by atoms with Gasteiger partial charge < -0.3 is 9.63 Å². The van der Waals surface area contributed by atoms with E-state index < -0.39 is 11.6 Å². The zero-order chi connectivity index (χ0) is 14.8. The van der Waals surface area contributed by atoms with Crippen LogP contribution < -0.4 is 0 Å². The quantitative estimate of drug-likeness (QED) is 0.945. The molecule has 0 aliphatic heterocycles. The summed E-state index contributed by atoms with van der Waals surface area (Å²) < 4.78 is 31.5. The molecule has 0 spiro atoms. The average Bonchev–Trinajstić information content (AvgIpc) is 2.87. The van der Waals surface area contributed by atoms with Crippen LogP contribution in [0, 0.1) is 11.6 Å². The molecule has 1 heterocycles. The van der Waals surface area contributed by atoms with Gasteiger partial charge in [-0.3, -0.25) is 0 Å². The third-order valence-corrected chi connectivity index (χ3v) is 3.81. The van der Waals surface area contributed by atoms with E-state index >= 15 is 0 Å². The lowest BCUT2D eigenvalue weighted by Gasteiger charge is -2.22. The largest absolute Gasteiger partial charge is 0.393 e. The highest BCUT2D eigenvalue weighted by atomic mass is 19.1. The number of benzene rings is 1. The Balaban J connectivity index is 1.70. The predicted octanol–water partition coefficient (Wildman–Crippen LogP) is 2.96. The average molecular weight is 294 g/mol. The molecular formula is C15H16F2N2O2. The third kappa shape index (κ3) is 3.44. The highest BCUT2D eigenvalue weighted by Gasteiger charge is 2.25. The van der Waals surface area contributed by atoms with Crippen molar-refractivity contribution in [3.63, 3.8) is 0 Å². The number of aromatic nitrogens is 2. The SMILES string of the molecule is OC1CCC(c2nc(Cc3cc(F)cc(F)c3)no2)CC1. The number of aliphatic hydroxyl groups excluding tert-OH is 1. The minimum Gasteiger partial charge on any atom is -0.393 e. The minimum absolute atomic E-state index is 0.166. The van der Waals surface area contributed by atoms with Crippen LogP contribution in [0.3, 0.4) is 0 Å². The van der Waals surface area contributed by atoms with Gasteiger partial charge in [-0.15, -0.1) is 0 Å². The van der Waals surface area contributed by atoms with Gasteiger partial charge >= 0.3 is 0 Å². The van der Waals surface area contributed by atoms with Crippen molar-refractivity contribution < 1.29 is 18.4 Å². The van der Waals surface area contributed by atoms with Crippen LogP contribution in [0.2, 0.25) is 0 Å². The van der Waals surface area contributed by atoms with Crippen LogP contribution in [-0.2, 0) is 6.42 Å². The summed E-state index contributed by atoms with van der Waals surface area (Å²) in [6.07, 6.45) is 3.09. The van der Waals surface area contributed by atoms with Crippen LogP contribution in [0.25, 0.3) is 0 Å². The topological polar surface area (TPSA) is 59.2 Å². The lowest BCUT2D eigenvalue weighted by Crippen LogP contribution is -2.17. The second-order valence-corrected chi connectivity index (χ2v) is 5.51. The molecule has 1 saturated carbocycles. The van der Waals surface area contributed by atoms with Gasteiger partial charge in [-0.1, -0.05) is 5.16 Å². The molecule has 4 nitrogen and oxygen atoms in total. The number of hydrogen-bond acceptors (Lipinski definition) is 4. The molecule has 1 fully saturated rings. The van der Waals surface area contributed by atoms with Crippen molar-refractivity contribution in [2.24, 2.45) is 0 Å². The first-order chi connectivity index (χ1) is 10.1. The van der Waals surface area contributed by atoms with Gasteiger partial charge in [0.25, 0.3) is 0 Å². The van der Waals surface area contributed by atoms with Crippen LogP contribution >= 0.6 is 0 Å². The van der Waals surface area contributed by atoms with E-state index in [0.717, 1.165) is 31.7 Å². The molecule has 0 unspecified atom stereocenters. The van der Waals surface area contributed by atoms with Gasteiger partial charge in [-0.05, 0) is 43.4 Å². The summed E-state index contributed by atoms with van der Waals surface area (Å²) in [6.45, 7) is 0. The highest BCUT2D eigenvalue weighted by molar-refractivity contribution is 5.21. The highest BCUT2D eigenvalue weighted by Crippen LogP contribution is 2.31. The number of aliphatic hydroxyl groups is 1. The van der Waals surface area contributed by atoms with Crippen molar-refractivity contribution in [3.8, 4) is 0 Å². The van der Waals surface area contributed by atoms with Gasteiger partial charge in [0.1, 0.15) is 11.6 Å². The van der Waals surface area contributed by atoms with E-state index in [2.05, 4.69) is 10.1 Å². The number of nitrogens with zero attached hydrogens (tertiary/aromatic N) is 2. The van der Waals surface area contributed by atoms with Gasteiger partial charge in [-0.2, -0.15) is 4.98 Å². The second kappa shape index (κ2) is 5.89. The summed E-state index contributed by atoms with van der Waals surface area (Å²) in [4.78, 5) is 4.31. The molecule has 112 valence electrons. The van der Waals surface area contributed by atoms with Gasteiger partial charge in [0, 0.05) is 18.4 Å². The summed E-state index contributed by atoms with van der Waals surface area (Å²) in [5.41, 5.74) is 0.471. The molecule has 2 aromatic rings. The Hall–Kier alpha value is -1.82. The lowest BCUT2D eigenvalue weighted by molar-refractivity contribution is 0.116. The van der Waals surface area contributed by atoms with Crippen molar-refractivity contribution >= 4 is 0 Å². The molecule has 0 atom stereocenters. The molecule has 6 heteroatoms. The first kappa shape index (κ1) is 14.1. The fraction of sp³-hybridized carbons (Fsp3) is 0.467. The third-order valence-electron chi connectivity index (χ3n) is 3.81. The summed E-state index contributed by atoms with van der Waals surface area (Å²) in [5.74, 6) is -0.0984. The molecule has 0 saturated heterocycles. The van der Waals surface area contributed by atoms with Crippen LogP contribution in [0.4, 0.5) is 8.78 Å². The van der Waals surface area contributed by atoms with Crippen LogP contribution in [0.5, 0.6) is 0 Å². The lowest BCUT2D eigenvalue weighted by atomic mass is 9.87. The van der Waals surface area contributed by atoms with E-state index in [0.29, 0.717) is 17.3 Å². The molecule has 1 aliphatic carbocycles. The molecule has 21 heavy (non-hydrogen) atoms. The number of halogens is 2. The molecule has 1 N–H and O–H groups in total.